The van der Waals surface area contributed by atoms with Gasteiger partial charge in [0.25, 0.3) is 5.91 Å². The molecule has 470 valence electrons. The summed E-state index contributed by atoms with van der Waals surface area (Å²) in [6, 6.07) is 20.4. The number of H-pyrrole nitrogens is 1. The summed E-state index contributed by atoms with van der Waals surface area (Å²) in [5.74, 6) is -1.85. The van der Waals surface area contributed by atoms with Gasteiger partial charge in [-0.25, -0.2) is 4.98 Å². The third-order valence-corrected chi connectivity index (χ3v) is 17.7. The van der Waals surface area contributed by atoms with Crippen LogP contribution in [0.15, 0.2) is 89.3 Å². The number of unbranched alkanes of at least 4 members (excludes halogenated alkanes) is 6. The Morgan fingerprint density at radius 2 is 1.41 bits per heavy atom. The van der Waals surface area contributed by atoms with Crippen LogP contribution in [0, 0.1) is 12.3 Å². The number of nitrogens with one attached hydrogen (secondary N) is 5. The minimum atomic E-state index is -4.90. The first kappa shape index (κ1) is 66.0. The minimum absolute atomic E-state index is 0.0144. The Balaban J connectivity index is 0.680. The highest BCUT2D eigenvalue weighted by Crippen LogP contribution is 2.36. The number of aryl methyl sites for hydroxylation is 1. The fourth-order valence-corrected chi connectivity index (χ4v) is 12.4. The number of benzene rings is 3. The molecule has 0 bridgehead atoms. The van der Waals surface area contributed by atoms with Crippen LogP contribution in [0.2, 0.25) is 0 Å². The van der Waals surface area contributed by atoms with Crippen molar-refractivity contribution in [1.82, 2.24) is 45.5 Å². The molecule has 22 heteroatoms. The van der Waals surface area contributed by atoms with Gasteiger partial charge < -0.3 is 51.0 Å². The molecule has 8 rings (SSSR count). The number of thiazole rings is 1. The molecular formula is C65H86F3N11O7S. The first-order valence-corrected chi connectivity index (χ1v) is 31.5. The van der Waals surface area contributed by atoms with Gasteiger partial charge in [0.05, 0.1) is 44.7 Å². The van der Waals surface area contributed by atoms with Crippen molar-refractivity contribution in [3.05, 3.63) is 123 Å². The summed E-state index contributed by atoms with van der Waals surface area (Å²) < 4.78 is 41.9. The summed E-state index contributed by atoms with van der Waals surface area (Å²) in [6.07, 6.45) is 3.08. The third kappa shape index (κ3) is 19.0. The molecule has 0 unspecified atom stereocenters. The van der Waals surface area contributed by atoms with Gasteiger partial charge >= 0.3 is 6.18 Å². The first-order chi connectivity index (χ1) is 41.6. The Hall–Kier alpha value is -6.98. The van der Waals surface area contributed by atoms with E-state index < -0.39 is 52.4 Å². The summed E-state index contributed by atoms with van der Waals surface area (Å²) in [6.45, 7) is 16.6. The number of aliphatic hydroxyl groups is 1. The van der Waals surface area contributed by atoms with Gasteiger partial charge in [0.2, 0.25) is 29.2 Å². The second-order valence-corrected chi connectivity index (χ2v) is 25.4. The van der Waals surface area contributed by atoms with E-state index in [0.29, 0.717) is 49.9 Å². The third-order valence-electron chi connectivity index (χ3n) is 16.7. The zero-order valence-electron chi connectivity index (χ0n) is 50.9. The zero-order chi connectivity index (χ0) is 62.3. The van der Waals surface area contributed by atoms with Gasteiger partial charge in [-0.1, -0.05) is 101 Å². The monoisotopic (exact) mass is 1220 g/mol. The van der Waals surface area contributed by atoms with Gasteiger partial charge in [-0.2, -0.15) is 13.2 Å². The molecule has 5 aromatic rings. The standard InChI is InChI=1S/C65H86F3N11O7S/c1-44-59(87-43-72-44)47-21-19-45(20-22-47)39-71-62(85)55-37-50(80)42-79(55)63(86)60(64(2,3)4)74-57(82)18-12-10-8-6-7-9-11-17-56(81)69-25-14-26-76-29-31-77(32-30-76)41-46-15-13-16-48(35-46)49-23-24-54(78-33-27-75(5)28-34-78)53(36-49)73-61(84)51-40-70-58(83)38-52(51)65(66,67)68/h13,15-16,19-24,35-36,38,40,43,50,55,60,80H,6-12,14,17-18,25-34,37,39,41-42H2,1-5H3,(H,69,81)(H,70,83)(H,71,85)(H,73,84)(H,74,82)/t50-,55+,60-/m1/s1. The second kappa shape index (κ2) is 30.8. The number of nitrogens with zero attached hydrogens (tertiary/aromatic N) is 6. The van der Waals surface area contributed by atoms with E-state index in [9.17, 15) is 47.0 Å². The van der Waals surface area contributed by atoms with Crippen molar-refractivity contribution in [2.24, 2.45) is 5.41 Å². The lowest BCUT2D eigenvalue weighted by Gasteiger charge is -2.35. The summed E-state index contributed by atoms with van der Waals surface area (Å²) in [7, 11) is 2.02. The number of hydrogen-bond acceptors (Lipinski definition) is 13. The van der Waals surface area contributed by atoms with Crippen LogP contribution in [0.5, 0.6) is 0 Å². The number of aliphatic hydroxyl groups excluding tert-OH is 1. The number of likely N-dealkylation sites (tertiary alicyclic amines) is 1. The Morgan fingerprint density at radius 3 is 2.08 bits per heavy atom. The number of carbonyl (C=O) groups excluding carboxylic acids is 5. The molecule has 3 aliphatic heterocycles. The Kier molecular flexibility index (Phi) is 23.3. The minimum Gasteiger partial charge on any atom is -0.391 e. The van der Waals surface area contributed by atoms with Crippen LogP contribution in [-0.4, -0.2) is 161 Å². The van der Waals surface area contributed by atoms with E-state index >= 15 is 0 Å². The van der Waals surface area contributed by atoms with Gasteiger partial charge in [-0.3, -0.25) is 33.7 Å². The Labute approximate surface area is 512 Å². The first-order valence-electron chi connectivity index (χ1n) is 30.6. The molecule has 0 aliphatic carbocycles. The number of anilines is 2. The molecule has 87 heavy (non-hydrogen) atoms. The number of aromatic amines is 1. The van der Waals surface area contributed by atoms with Crippen molar-refractivity contribution >= 4 is 52.2 Å². The van der Waals surface area contributed by atoms with Gasteiger partial charge in [-0.05, 0) is 91.2 Å². The smallest absolute Gasteiger partial charge is 0.391 e. The highest BCUT2D eigenvalue weighted by Gasteiger charge is 2.44. The number of rotatable bonds is 26. The molecule has 3 aromatic carbocycles. The molecule has 2 aromatic heterocycles. The molecule has 5 heterocycles. The normalized spacial score (nSPS) is 17.5. The average Bonchev–Trinajstić information content (AvgIpc) is 2.35. The zero-order valence-corrected chi connectivity index (χ0v) is 51.7. The SMILES string of the molecule is Cc1ncsc1-c1ccc(CNC(=O)[C@@H]2C[C@@H](O)CN2C(=O)[C@@H](NC(=O)CCCCCCCCCC(=O)NCCCN2CCN(Cc3cccc(-c4ccc(N5CCN(C)CC5)c(NC(=O)c5c[nH]c(=O)cc5C(F)(F)F)c4)c3)CC2)C(C)(C)C)cc1. The number of amides is 5. The van der Waals surface area contributed by atoms with E-state index in [2.05, 4.69) is 63.0 Å². The van der Waals surface area contributed by atoms with Crippen molar-refractivity contribution < 1.29 is 42.3 Å². The van der Waals surface area contributed by atoms with Crippen LogP contribution >= 0.6 is 11.3 Å². The highest BCUT2D eigenvalue weighted by atomic mass is 32.1. The molecule has 0 saturated carbocycles. The van der Waals surface area contributed by atoms with Crippen LogP contribution < -0.4 is 31.7 Å². The second-order valence-electron chi connectivity index (χ2n) is 24.5. The van der Waals surface area contributed by atoms with Crippen LogP contribution in [0.1, 0.15) is 124 Å². The molecular weight excluding hydrogens is 1140 g/mol. The van der Waals surface area contributed by atoms with Gasteiger partial charge in [0, 0.05) is 110 Å². The maximum atomic E-state index is 14.1. The summed E-state index contributed by atoms with van der Waals surface area (Å²) in [5, 5.41) is 22.4. The number of likely N-dealkylation sites (N-methyl/N-ethyl adjacent to an activating group) is 1. The number of aromatic nitrogens is 2. The molecule has 0 spiro atoms. The van der Waals surface area contributed by atoms with Crippen LogP contribution in [0.3, 0.4) is 0 Å². The molecule has 3 atom stereocenters. The highest BCUT2D eigenvalue weighted by molar-refractivity contribution is 7.13. The lowest BCUT2D eigenvalue weighted by Crippen LogP contribution is -2.57. The largest absolute Gasteiger partial charge is 0.417 e. The lowest BCUT2D eigenvalue weighted by atomic mass is 9.85. The van der Waals surface area contributed by atoms with E-state index in [0.717, 1.165) is 142 Å². The van der Waals surface area contributed by atoms with Crippen molar-refractivity contribution in [3.63, 3.8) is 0 Å². The maximum Gasteiger partial charge on any atom is 0.417 e. The van der Waals surface area contributed by atoms with Gasteiger partial charge in [0.1, 0.15) is 12.1 Å². The number of piperazine rings is 2. The van der Waals surface area contributed by atoms with E-state index in [-0.39, 0.29) is 49.6 Å². The summed E-state index contributed by atoms with van der Waals surface area (Å²) >= 11 is 1.57. The van der Waals surface area contributed by atoms with E-state index in [4.69, 9.17) is 0 Å². The van der Waals surface area contributed by atoms with Gasteiger partial charge in [-0.15, -0.1) is 11.3 Å². The van der Waals surface area contributed by atoms with Crippen molar-refractivity contribution in [1.29, 1.82) is 0 Å². The molecule has 6 N–H and O–H groups in total. The predicted octanol–water partition coefficient (Wildman–Crippen LogP) is 8.44. The Morgan fingerprint density at radius 1 is 0.759 bits per heavy atom. The maximum absolute atomic E-state index is 14.1. The molecule has 0 radical (unpaired) electrons. The van der Waals surface area contributed by atoms with Crippen molar-refractivity contribution in [3.8, 4) is 21.6 Å². The number of hydrogen-bond donors (Lipinski definition) is 6. The quantitative estimate of drug-likeness (QED) is 0.0288. The number of alkyl halides is 3. The topological polar surface area (TPSA) is 216 Å². The summed E-state index contributed by atoms with van der Waals surface area (Å²) in [4.78, 5) is 97.0. The van der Waals surface area contributed by atoms with E-state index in [1.165, 1.54) is 4.90 Å². The van der Waals surface area contributed by atoms with Crippen molar-refractivity contribution in [2.45, 2.75) is 136 Å². The van der Waals surface area contributed by atoms with Crippen LogP contribution in [0.4, 0.5) is 24.5 Å². The lowest BCUT2D eigenvalue weighted by molar-refractivity contribution is -0.144. The van der Waals surface area contributed by atoms with Crippen LogP contribution in [-0.2, 0) is 38.4 Å². The molecule has 3 saturated heterocycles. The van der Waals surface area contributed by atoms with Crippen LogP contribution in [0.25, 0.3) is 21.6 Å². The molecule has 18 nitrogen and oxygen atoms in total. The predicted molar refractivity (Wildman–Crippen MR) is 334 cm³/mol. The molecule has 3 aliphatic rings. The average molecular weight is 1220 g/mol. The molecule has 5 amide bonds. The molecule has 3 fully saturated rings. The summed E-state index contributed by atoms with van der Waals surface area (Å²) in [5.41, 5.74) is 5.07. The van der Waals surface area contributed by atoms with E-state index in [1.807, 2.05) is 88.8 Å². The fourth-order valence-electron chi connectivity index (χ4n) is 11.6. The Bertz CT molecular complexity index is 3190. The number of halogens is 3. The number of carbonyl (C=O) groups is 5. The fraction of sp³-hybridized carbons (Fsp3) is 0.523. The number of β-amino-alcohol motifs (C(OH)–C–C–N with tert-alkyl or cyclic N) is 1. The number of pyridine rings is 1. The van der Waals surface area contributed by atoms with Gasteiger partial charge in [0.15, 0.2) is 0 Å². The van der Waals surface area contributed by atoms with Crippen molar-refractivity contribution in [2.75, 3.05) is 89.3 Å². The van der Waals surface area contributed by atoms with E-state index in [1.54, 1.807) is 17.4 Å².